The Bertz CT molecular complexity index is 744. The molecule has 0 aromatic heterocycles. The van der Waals surface area contributed by atoms with Crippen molar-refractivity contribution >= 4 is 17.7 Å². The molecule has 12 nitrogen and oxygen atoms in total. The summed E-state index contributed by atoms with van der Waals surface area (Å²) >= 11 is 0. The van der Waals surface area contributed by atoms with Gasteiger partial charge >= 0.3 is 0 Å². The molecule has 0 spiro atoms. The second-order valence-electron chi connectivity index (χ2n) is 7.30. The molecule has 1 aliphatic rings. The Morgan fingerprint density at radius 3 is 2.25 bits per heavy atom. The van der Waals surface area contributed by atoms with Crippen LogP contribution in [0, 0.1) is 0 Å². The van der Waals surface area contributed by atoms with Crippen LogP contribution in [0.5, 0.6) is 0 Å². The summed E-state index contributed by atoms with van der Waals surface area (Å²) in [5, 5.41) is 81.4. The molecule has 0 aliphatic carbocycles. The van der Waals surface area contributed by atoms with Gasteiger partial charge in [0.15, 0.2) is 12.4 Å². The van der Waals surface area contributed by atoms with Crippen LogP contribution in [0.1, 0.15) is 5.56 Å². The quantitative estimate of drug-likeness (QED) is 0.168. The van der Waals surface area contributed by atoms with Crippen molar-refractivity contribution < 1.29 is 55.1 Å². The fraction of sp³-hybridized carbons (Fsp3) is 0.550. The summed E-state index contributed by atoms with van der Waals surface area (Å²) in [6.45, 7) is 1.88. The fourth-order valence-electron chi connectivity index (χ4n) is 3.09. The lowest BCUT2D eigenvalue weighted by Gasteiger charge is -2.42. The molecule has 180 valence electrons. The first-order chi connectivity index (χ1) is 15.1. The zero-order valence-corrected chi connectivity index (χ0v) is 17.0. The highest BCUT2D eigenvalue weighted by atomic mass is 16.7. The number of aliphatic hydroxyl groups is 8. The van der Waals surface area contributed by atoms with Gasteiger partial charge in [-0.1, -0.05) is 24.8 Å². The molecule has 1 aliphatic heterocycles. The van der Waals surface area contributed by atoms with Gasteiger partial charge in [-0.3, -0.25) is 4.79 Å². The summed E-state index contributed by atoms with van der Waals surface area (Å²) in [5.74, 6) is -1.06. The van der Waals surface area contributed by atoms with Gasteiger partial charge in [0.25, 0.3) is 5.91 Å². The van der Waals surface area contributed by atoms with E-state index in [-0.39, 0.29) is 0 Å². The van der Waals surface area contributed by atoms with Crippen molar-refractivity contribution in [1.29, 1.82) is 0 Å². The monoisotopic (exact) mass is 459 g/mol. The molecular formula is C20H29NO11. The lowest BCUT2D eigenvalue weighted by atomic mass is 9.98. The summed E-state index contributed by atoms with van der Waals surface area (Å²) in [4.78, 5) is 12.3. The fourth-order valence-corrected chi connectivity index (χ4v) is 3.09. The van der Waals surface area contributed by atoms with Gasteiger partial charge in [-0.05, 0) is 17.7 Å². The smallest absolute Gasteiger partial charge is 0.256 e. The Labute approximate surface area is 183 Å². The molecule has 0 saturated carbocycles. The van der Waals surface area contributed by atoms with Gasteiger partial charge in [0.2, 0.25) is 0 Å². The van der Waals surface area contributed by atoms with E-state index in [0.717, 1.165) is 5.56 Å². The lowest BCUT2D eigenvalue weighted by molar-refractivity contribution is -0.326. The highest BCUT2D eigenvalue weighted by Crippen LogP contribution is 2.25. The van der Waals surface area contributed by atoms with Crippen molar-refractivity contribution in [2.45, 2.75) is 55.1 Å². The predicted molar refractivity (Wildman–Crippen MR) is 109 cm³/mol. The molecule has 32 heavy (non-hydrogen) atoms. The molecule has 9 atom stereocenters. The summed E-state index contributed by atoms with van der Waals surface area (Å²) in [6, 6.07) is 6.34. The maximum Gasteiger partial charge on any atom is 0.256 e. The van der Waals surface area contributed by atoms with E-state index in [1.807, 2.05) is 0 Å². The Morgan fingerprint density at radius 2 is 1.72 bits per heavy atom. The Balaban J connectivity index is 2.12. The van der Waals surface area contributed by atoms with E-state index >= 15 is 0 Å². The van der Waals surface area contributed by atoms with Crippen LogP contribution in [-0.2, 0) is 14.3 Å². The molecule has 1 aromatic carbocycles. The molecule has 1 fully saturated rings. The number of rotatable bonds is 10. The molecule has 0 unspecified atom stereocenters. The van der Waals surface area contributed by atoms with Gasteiger partial charge in [-0.15, -0.1) is 0 Å². The Morgan fingerprint density at radius 1 is 1.09 bits per heavy atom. The maximum absolute atomic E-state index is 12.3. The first kappa shape index (κ1) is 26.3. The third-order valence-corrected chi connectivity index (χ3v) is 5.05. The third kappa shape index (κ3) is 6.08. The van der Waals surface area contributed by atoms with Crippen LogP contribution in [0.25, 0.3) is 6.08 Å². The van der Waals surface area contributed by atoms with Crippen LogP contribution in [-0.4, -0.2) is 115 Å². The maximum atomic E-state index is 12.3. The van der Waals surface area contributed by atoms with E-state index in [2.05, 4.69) is 11.9 Å². The highest BCUT2D eigenvalue weighted by Gasteiger charge is 2.47. The number of hydrogen-bond acceptors (Lipinski definition) is 11. The average Bonchev–Trinajstić information content (AvgIpc) is 2.81. The van der Waals surface area contributed by atoms with E-state index in [0.29, 0.717) is 5.69 Å². The van der Waals surface area contributed by atoms with E-state index in [1.165, 1.54) is 12.1 Å². The van der Waals surface area contributed by atoms with Gasteiger partial charge in [-0.25, -0.2) is 0 Å². The highest BCUT2D eigenvalue weighted by molar-refractivity contribution is 5.94. The molecule has 2 rings (SSSR count). The lowest BCUT2D eigenvalue weighted by Crippen LogP contribution is -2.62. The van der Waals surface area contributed by atoms with Crippen molar-refractivity contribution in [2.75, 3.05) is 18.5 Å². The number of amides is 1. The molecule has 9 N–H and O–H groups in total. The minimum Gasteiger partial charge on any atom is -0.394 e. The number of nitrogens with one attached hydrogen (secondary N) is 1. The number of anilines is 1. The average molecular weight is 459 g/mol. The van der Waals surface area contributed by atoms with Crippen LogP contribution in [0.3, 0.4) is 0 Å². The van der Waals surface area contributed by atoms with E-state index in [9.17, 15) is 45.6 Å². The summed E-state index contributed by atoms with van der Waals surface area (Å²) in [7, 11) is 0. The van der Waals surface area contributed by atoms with Crippen LogP contribution >= 0.6 is 0 Å². The summed E-state index contributed by atoms with van der Waals surface area (Å²) in [6.07, 6.45) is -14.9. The van der Waals surface area contributed by atoms with E-state index in [1.54, 1.807) is 18.2 Å². The Kier molecular flexibility index (Phi) is 9.66. The topological polar surface area (TPSA) is 209 Å². The molecule has 1 aromatic rings. The van der Waals surface area contributed by atoms with Crippen LogP contribution in [0.2, 0.25) is 0 Å². The van der Waals surface area contributed by atoms with Gasteiger partial charge in [0, 0.05) is 5.69 Å². The van der Waals surface area contributed by atoms with Crippen molar-refractivity contribution in [3.63, 3.8) is 0 Å². The minimum atomic E-state index is -2.15. The molecular weight excluding hydrogens is 430 g/mol. The van der Waals surface area contributed by atoms with Gasteiger partial charge in [-0.2, -0.15) is 0 Å². The molecule has 1 heterocycles. The van der Waals surface area contributed by atoms with Crippen LogP contribution in [0.15, 0.2) is 30.8 Å². The summed E-state index contributed by atoms with van der Waals surface area (Å²) < 4.78 is 10.4. The number of carbonyl (C=O) groups excluding carboxylic acids is 1. The number of ether oxygens (including phenoxy) is 2. The number of hydrogen-bond donors (Lipinski definition) is 9. The zero-order chi connectivity index (χ0) is 24.0. The second kappa shape index (κ2) is 11.8. The first-order valence-corrected chi connectivity index (χ1v) is 9.79. The summed E-state index contributed by atoms with van der Waals surface area (Å²) in [5.41, 5.74) is 1.07. The van der Waals surface area contributed by atoms with Gasteiger partial charge < -0.3 is 55.6 Å². The first-order valence-electron chi connectivity index (χ1n) is 9.79. The number of benzene rings is 1. The zero-order valence-electron chi connectivity index (χ0n) is 17.0. The molecule has 0 radical (unpaired) electrons. The SMILES string of the molecule is C=Cc1ccc(NC(=O)[C@H](O)[C@@H](O)[C@H](O[C@H]2O[C@H](CO)[C@@H](O)[C@H](O)[C@H]2O)[C@H](O)CO)cc1. The molecule has 1 saturated heterocycles. The molecule has 12 heteroatoms. The standard InChI is InChI=1S/C20H29NO11/c1-2-9-3-5-10(6-4-9)21-19(30)16(28)15(27)18(11(24)7-22)32-20-17(29)14(26)13(25)12(8-23)31-20/h2-6,11-18,20,22-29H,1,7-8H2,(H,21,30)/t11-,12-,13-,14+,15-,16-,17-,18-,20-/m1/s1. The van der Waals surface area contributed by atoms with E-state index < -0.39 is 74.2 Å². The van der Waals surface area contributed by atoms with Crippen molar-refractivity contribution in [2.24, 2.45) is 0 Å². The van der Waals surface area contributed by atoms with E-state index in [4.69, 9.17) is 9.47 Å². The van der Waals surface area contributed by atoms with Crippen molar-refractivity contribution in [3.8, 4) is 0 Å². The van der Waals surface area contributed by atoms with Crippen molar-refractivity contribution in [3.05, 3.63) is 36.4 Å². The van der Waals surface area contributed by atoms with Crippen LogP contribution in [0.4, 0.5) is 5.69 Å². The van der Waals surface area contributed by atoms with Crippen molar-refractivity contribution in [1.82, 2.24) is 0 Å². The second-order valence-corrected chi connectivity index (χ2v) is 7.30. The molecule has 0 bridgehead atoms. The Hall–Kier alpha value is -1.97. The minimum absolute atomic E-state index is 0.293. The number of aliphatic hydroxyl groups excluding tert-OH is 8. The molecule has 1 amide bonds. The predicted octanol–water partition coefficient (Wildman–Crippen LogP) is -3.47. The largest absolute Gasteiger partial charge is 0.394 e. The normalized spacial score (nSPS) is 29.6. The van der Waals surface area contributed by atoms with Gasteiger partial charge in [0.05, 0.1) is 13.2 Å². The number of carbonyl (C=O) groups is 1. The third-order valence-electron chi connectivity index (χ3n) is 5.05. The van der Waals surface area contributed by atoms with Crippen LogP contribution < -0.4 is 5.32 Å². The van der Waals surface area contributed by atoms with Gasteiger partial charge in [0.1, 0.15) is 42.7 Å².